The molecule has 1 saturated heterocycles. The lowest BCUT2D eigenvalue weighted by molar-refractivity contribution is 0.0782. The summed E-state index contributed by atoms with van der Waals surface area (Å²) in [6, 6.07) is 10.1. The SMILES string of the molecule is CC1(CN)CN(CCc2ccccc2)C(=O)O1. The van der Waals surface area contributed by atoms with Gasteiger partial charge in [0, 0.05) is 13.1 Å². The van der Waals surface area contributed by atoms with Crippen LogP contribution in [0, 0.1) is 0 Å². The molecule has 92 valence electrons. The fraction of sp³-hybridized carbons (Fsp3) is 0.462. The number of amides is 1. The van der Waals surface area contributed by atoms with Gasteiger partial charge in [0.05, 0.1) is 6.54 Å². The molecule has 0 bridgehead atoms. The fourth-order valence-electron chi connectivity index (χ4n) is 1.96. The van der Waals surface area contributed by atoms with E-state index in [4.69, 9.17) is 10.5 Å². The molecule has 1 amide bonds. The summed E-state index contributed by atoms with van der Waals surface area (Å²) in [5, 5.41) is 0. The zero-order chi connectivity index (χ0) is 12.3. The molecule has 1 fully saturated rings. The van der Waals surface area contributed by atoms with E-state index in [2.05, 4.69) is 12.1 Å². The fourth-order valence-corrected chi connectivity index (χ4v) is 1.96. The maximum atomic E-state index is 11.6. The number of carbonyl (C=O) groups excluding carboxylic acids is 1. The summed E-state index contributed by atoms with van der Waals surface area (Å²) < 4.78 is 5.26. The van der Waals surface area contributed by atoms with Crippen LogP contribution >= 0.6 is 0 Å². The Kier molecular flexibility index (Phi) is 3.33. The average Bonchev–Trinajstić information content (AvgIpc) is 2.64. The second kappa shape index (κ2) is 4.75. The van der Waals surface area contributed by atoms with Gasteiger partial charge in [0.15, 0.2) is 0 Å². The van der Waals surface area contributed by atoms with E-state index in [0.717, 1.165) is 6.42 Å². The summed E-state index contributed by atoms with van der Waals surface area (Å²) in [4.78, 5) is 13.3. The minimum Gasteiger partial charge on any atom is -0.440 e. The van der Waals surface area contributed by atoms with E-state index in [1.807, 2.05) is 25.1 Å². The molecule has 1 heterocycles. The summed E-state index contributed by atoms with van der Waals surface area (Å²) >= 11 is 0. The minimum absolute atomic E-state index is 0.256. The topological polar surface area (TPSA) is 55.6 Å². The van der Waals surface area contributed by atoms with Gasteiger partial charge >= 0.3 is 6.09 Å². The number of carbonyl (C=O) groups is 1. The Labute approximate surface area is 101 Å². The van der Waals surface area contributed by atoms with E-state index in [0.29, 0.717) is 19.6 Å². The van der Waals surface area contributed by atoms with E-state index in [-0.39, 0.29) is 6.09 Å². The van der Waals surface area contributed by atoms with Crippen molar-refractivity contribution < 1.29 is 9.53 Å². The van der Waals surface area contributed by atoms with Gasteiger partial charge in [-0.05, 0) is 18.9 Å². The quantitative estimate of drug-likeness (QED) is 0.856. The molecule has 17 heavy (non-hydrogen) atoms. The van der Waals surface area contributed by atoms with E-state index in [9.17, 15) is 4.79 Å². The van der Waals surface area contributed by atoms with Crippen molar-refractivity contribution >= 4 is 6.09 Å². The predicted octanol–water partition coefficient (Wildman–Crippen LogP) is 1.40. The van der Waals surface area contributed by atoms with Gasteiger partial charge in [-0.15, -0.1) is 0 Å². The summed E-state index contributed by atoms with van der Waals surface area (Å²) in [5.74, 6) is 0. The first kappa shape index (κ1) is 11.9. The number of nitrogens with two attached hydrogens (primary N) is 1. The van der Waals surface area contributed by atoms with Crippen LogP contribution in [0.2, 0.25) is 0 Å². The van der Waals surface area contributed by atoms with Crippen LogP contribution in [0.15, 0.2) is 30.3 Å². The molecule has 1 aromatic rings. The number of nitrogens with zero attached hydrogens (tertiary/aromatic N) is 1. The lowest BCUT2D eigenvalue weighted by Gasteiger charge is -2.18. The number of ether oxygens (including phenoxy) is 1. The van der Waals surface area contributed by atoms with E-state index in [1.165, 1.54) is 5.56 Å². The highest BCUT2D eigenvalue weighted by atomic mass is 16.6. The van der Waals surface area contributed by atoms with Crippen LogP contribution in [0.5, 0.6) is 0 Å². The highest BCUT2D eigenvalue weighted by Gasteiger charge is 2.39. The smallest absolute Gasteiger partial charge is 0.410 e. The lowest BCUT2D eigenvalue weighted by atomic mass is 10.1. The van der Waals surface area contributed by atoms with Crippen molar-refractivity contribution in [2.75, 3.05) is 19.6 Å². The predicted molar refractivity (Wildman–Crippen MR) is 65.7 cm³/mol. The van der Waals surface area contributed by atoms with Crippen molar-refractivity contribution in [2.45, 2.75) is 18.9 Å². The lowest BCUT2D eigenvalue weighted by Crippen LogP contribution is -2.39. The van der Waals surface area contributed by atoms with E-state index < -0.39 is 5.60 Å². The monoisotopic (exact) mass is 234 g/mol. The Balaban J connectivity index is 1.91. The van der Waals surface area contributed by atoms with E-state index >= 15 is 0 Å². The van der Waals surface area contributed by atoms with Crippen LogP contribution in [0.3, 0.4) is 0 Å². The first-order valence-electron chi connectivity index (χ1n) is 5.85. The molecule has 1 atom stereocenters. The molecule has 0 spiro atoms. The van der Waals surface area contributed by atoms with Gasteiger partial charge in [0.25, 0.3) is 0 Å². The van der Waals surface area contributed by atoms with Crippen molar-refractivity contribution in [3.8, 4) is 0 Å². The summed E-state index contributed by atoms with van der Waals surface area (Å²) in [5.41, 5.74) is 6.30. The summed E-state index contributed by atoms with van der Waals surface area (Å²) in [6.45, 7) is 3.49. The zero-order valence-electron chi connectivity index (χ0n) is 10.1. The molecule has 0 aromatic heterocycles. The highest BCUT2D eigenvalue weighted by Crippen LogP contribution is 2.21. The molecule has 0 saturated carbocycles. The molecule has 1 aromatic carbocycles. The first-order chi connectivity index (χ1) is 8.13. The molecule has 1 aliphatic heterocycles. The van der Waals surface area contributed by atoms with Crippen molar-refractivity contribution in [3.63, 3.8) is 0 Å². The Hall–Kier alpha value is -1.55. The van der Waals surface area contributed by atoms with Crippen LogP contribution in [0.4, 0.5) is 4.79 Å². The number of hydrogen-bond acceptors (Lipinski definition) is 3. The third-order valence-electron chi connectivity index (χ3n) is 3.06. The molecule has 2 rings (SSSR count). The Morgan fingerprint density at radius 2 is 2.12 bits per heavy atom. The maximum Gasteiger partial charge on any atom is 0.410 e. The van der Waals surface area contributed by atoms with Gasteiger partial charge in [-0.25, -0.2) is 4.79 Å². The minimum atomic E-state index is -0.520. The van der Waals surface area contributed by atoms with Crippen LogP contribution in [-0.4, -0.2) is 36.2 Å². The Morgan fingerprint density at radius 3 is 2.71 bits per heavy atom. The van der Waals surface area contributed by atoms with Crippen LogP contribution in [0.25, 0.3) is 0 Å². The third-order valence-corrected chi connectivity index (χ3v) is 3.06. The standard InChI is InChI=1S/C13H18N2O2/c1-13(9-14)10-15(12(16)17-13)8-7-11-5-3-2-4-6-11/h2-6H,7-10,14H2,1H3. The molecule has 0 aliphatic carbocycles. The van der Waals surface area contributed by atoms with Crippen molar-refractivity contribution in [2.24, 2.45) is 5.73 Å². The van der Waals surface area contributed by atoms with Crippen molar-refractivity contribution in [1.29, 1.82) is 0 Å². The maximum absolute atomic E-state index is 11.6. The van der Waals surface area contributed by atoms with Gasteiger partial charge in [-0.2, -0.15) is 0 Å². The van der Waals surface area contributed by atoms with Gasteiger partial charge < -0.3 is 15.4 Å². The highest BCUT2D eigenvalue weighted by molar-refractivity contribution is 5.70. The molecular formula is C13H18N2O2. The Morgan fingerprint density at radius 1 is 1.41 bits per heavy atom. The molecule has 2 N–H and O–H groups in total. The molecule has 4 heteroatoms. The van der Waals surface area contributed by atoms with Crippen LogP contribution in [0.1, 0.15) is 12.5 Å². The van der Waals surface area contributed by atoms with Crippen molar-refractivity contribution in [1.82, 2.24) is 4.90 Å². The summed E-state index contributed by atoms with van der Waals surface area (Å²) in [7, 11) is 0. The second-order valence-electron chi connectivity index (χ2n) is 4.68. The van der Waals surface area contributed by atoms with Gasteiger partial charge in [0.1, 0.15) is 5.60 Å². The molecule has 1 aliphatic rings. The normalized spacial score (nSPS) is 23.9. The third kappa shape index (κ3) is 2.77. The number of hydrogen-bond donors (Lipinski definition) is 1. The summed E-state index contributed by atoms with van der Waals surface area (Å²) in [6.07, 6.45) is 0.588. The van der Waals surface area contributed by atoms with Crippen LogP contribution < -0.4 is 5.73 Å². The van der Waals surface area contributed by atoms with Crippen molar-refractivity contribution in [3.05, 3.63) is 35.9 Å². The molecule has 0 radical (unpaired) electrons. The molecular weight excluding hydrogens is 216 g/mol. The van der Waals surface area contributed by atoms with Gasteiger partial charge in [-0.1, -0.05) is 30.3 Å². The Bertz CT molecular complexity index is 394. The number of cyclic esters (lactones) is 1. The van der Waals surface area contributed by atoms with Crippen LogP contribution in [-0.2, 0) is 11.2 Å². The van der Waals surface area contributed by atoms with Gasteiger partial charge in [-0.3, -0.25) is 0 Å². The largest absolute Gasteiger partial charge is 0.440 e. The number of rotatable bonds is 4. The zero-order valence-corrected chi connectivity index (χ0v) is 10.1. The molecule has 1 unspecified atom stereocenters. The average molecular weight is 234 g/mol. The van der Waals surface area contributed by atoms with Gasteiger partial charge in [0.2, 0.25) is 0 Å². The number of benzene rings is 1. The first-order valence-corrected chi connectivity index (χ1v) is 5.85. The van der Waals surface area contributed by atoms with E-state index in [1.54, 1.807) is 4.90 Å². The molecule has 4 nitrogen and oxygen atoms in total. The second-order valence-corrected chi connectivity index (χ2v) is 4.68.